The van der Waals surface area contributed by atoms with Gasteiger partial charge in [0, 0.05) is 38.3 Å². The number of fused-ring (bicyclic) bond motifs is 1. The average molecular weight is 393 g/mol. The summed E-state index contributed by atoms with van der Waals surface area (Å²) < 4.78 is 5.76. The summed E-state index contributed by atoms with van der Waals surface area (Å²) in [7, 11) is 0. The number of rotatable bonds is 6. The van der Waals surface area contributed by atoms with Gasteiger partial charge in [-0.2, -0.15) is 0 Å². The average Bonchev–Trinajstić information content (AvgIpc) is 3.21. The van der Waals surface area contributed by atoms with E-state index in [-0.39, 0.29) is 12.5 Å². The molecule has 1 fully saturated rings. The van der Waals surface area contributed by atoms with Crippen LogP contribution >= 0.6 is 0 Å². The van der Waals surface area contributed by atoms with Crippen molar-refractivity contribution in [3.05, 3.63) is 64.7 Å². The van der Waals surface area contributed by atoms with E-state index in [0.717, 1.165) is 43.8 Å². The predicted octanol–water partition coefficient (Wildman–Crippen LogP) is 2.00. The Bertz CT molecular complexity index is 887. The van der Waals surface area contributed by atoms with Gasteiger partial charge in [0.25, 0.3) is 5.91 Å². The first-order valence-electron chi connectivity index (χ1n) is 10.2. The van der Waals surface area contributed by atoms with E-state index >= 15 is 0 Å². The maximum absolute atomic E-state index is 12.5. The number of amides is 2. The van der Waals surface area contributed by atoms with Crippen LogP contribution in [0.2, 0.25) is 0 Å². The molecule has 0 bridgehead atoms. The minimum atomic E-state index is -0.411. The maximum Gasteiger partial charge on any atom is 0.260 e. The van der Waals surface area contributed by atoms with Gasteiger partial charge >= 0.3 is 0 Å². The number of aryl methyl sites for hydroxylation is 2. The summed E-state index contributed by atoms with van der Waals surface area (Å²) >= 11 is 0. The van der Waals surface area contributed by atoms with Gasteiger partial charge in [-0.1, -0.05) is 18.2 Å². The Balaban J connectivity index is 1.22. The minimum absolute atomic E-state index is 0.0379. The Kier molecular flexibility index (Phi) is 5.81. The smallest absolute Gasteiger partial charge is 0.260 e. The van der Waals surface area contributed by atoms with Crippen molar-refractivity contribution in [3.8, 4) is 5.75 Å². The Morgan fingerprint density at radius 2 is 1.66 bits per heavy atom. The fraction of sp³-hybridized carbons (Fsp3) is 0.391. The molecule has 6 heteroatoms. The molecule has 152 valence electrons. The molecule has 0 aromatic heterocycles. The van der Waals surface area contributed by atoms with Crippen LogP contribution in [0, 0.1) is 0 Å². The topological polar surface area (TPSA) is 75.9 Å². The van der Waals surface area contributed by atoms with Gasteiger partial charge in [0.05, 0.1) is 0 Å². The zero-order chi connectivity index (χ0) is 20.2. The largest absolute Gasteiger partial charge is 0.484 e. The standard InChI is InChI=1S/C23H27N3O3/c24-23(28)19-6-4-17(5-7-19)15-25-10-12-26(13-11-25)22(27)16-29-21-9-8-18-2-1-3-20(18)14-21/h4-9,14H,1-3,10-13,15-16H2,(H2,24,28). The first-order chi connectivity index (χ1) is 14.1. The molecule has 29 heavy (non-hydrogen) atoms. The predicted molar refractivity (Wildman–Crippen MR) is 111 cm³/mol. The number of ether oxygens (including phenoxy) is 1. The number of nitrogens with two attached hydrogens (primary N) is 1. The number of piperazine rings is 1. The summed E-state index contributed by atoms with van der Waals surface area (Å²) in [6.07, 6.45) is 3.46. The molecule has 0 radical (unpaired) electrons. The number of hydrogen-bond acceptors (Lipinski definition) is 4. The molecule has 2 aromatic rings. The second-order valence-corrected chi connectivity index (χ2v) is 7.79. The quantitative estimate of drug-likeness (QED) is 0.815. The summed E-state index contributed by atoms with van der Waals surface area (Å²) in [5, 5.41) is 0. The molecular formula is C23H27N3O3. The number of nitrogens with zero attached hydrogens (tertiary/aromatic N) is 2. The molecule has 6 nitrogen and oxygen atoms in total. The Morgan fingerprint density at radius 3 is 2.38 bits per heavy atom. The highest BCUT2D eigenvalue weighted by atomic mass is 16.5. The van der Waals surface area contributed by atoms with Crippen LogP contribution in [0.4, 0.5) is 0 Å². The number of hydrogen-bond donors (Lipinski definition) is 1. The van der Waals surface area contributed by atoms with Crippen molar-refractivity contribution >= 4 is 11.8 Å². The monoisotopic (exact) mass is 393 g/mol. The van der Waals surface area contributed by atoms with Gasteiger partial charge in [0.15, 0.2) is 6.61 Å². The van der Waals surface area contributed by atoms with Crippen LogP contribution in [0.5, 0.6) is 5.75 Å². The Morgan fingerprint density at radius 1 is 0.931 bits per heavy atom. The van der Waals surface area contributed by atoms with Gasteiger partial charge in [-0.05, 0) is 60.2 Å². The highest BCUT2D eigenvalue weighted by molar-refractivity contribution is 5.92. The molecule has 2 amide bonds. The zero-order valence-electron chi connectivity index (χ0n) is 16.6. The van der Waals surface area contributed by atoms with Crippen LogP contribution < -0.4 is 10.5 Å². The van der Waals surface area contributed by atoms with E-state index in [4.69, 9.17) is 10.5 Å². The lowest BCUT2D eigenvalue weighted by atomic mass is 10.1. The van der Waals surface area contributed by atoms with E-state index in [1.54, 1.807) is 12.1 Å². The van der Waals surface area contributed by atoms with Crippen molar-refractivity contribution in [3.63, 3.8) is 0 Å². The first kappa shape index (κ1) is 19.5. The molecule has 1 heterocycles. The van der Waals surface area contributed by atoms with Crippen molar-refractivity contribution < 1.29 is 14.3 Å². The number of carbonyl (C=O) groups is 2. The van der Waals surface area contributed by atoms with Gasteiger partial charge in [-0.15, -0.1) is 0 Å². The maximum atomic E-state index is 12.5. The van der Waals surface area contributed by atoms with E-state index in [9.17, 15) is 9.59 Å². The molecule has 1 saturated heterocycles. The van der Waals surface area contributed by atoms with Gasteiger partial charge in [0.1, 0.15) is 5.75 Å². The SMILES string of the molecule is NC(=O)c1ccc(CN2CCN(C(=O)COc3ccc4c(c3)CCC4)CC2)cc1. The lowest BCUT2D eigenvalue weighted by Gasteiger charge is -2.34. The minimum Gasteiger partial charge on any atom is -0.484 e. The third kappa shape index (κ3) is 4.77. The molecule has 0 unspecified atom stereocenters. The van der Waals surface area contributed by atoms with Gasteiger partial charge in [-0.3, -0.25) is 14.5 Å². The first-order valence-corrected chi connectivity index (χ1v) is 10.2. The normalized spacial score (nSPS) is 16.5. The highest BCUT2D eigenvalue weighted by Crippen LogP contribution is 2.26. The molecule has 2 aromatic carbocycles. The summed E-state index contributed by atoms with van der Waals surface area (Å²) in [5.74, 6) is 0.416. The van der Waals surface area contributed by atoms with Crippen molar-refractivity contribution in [1.82, 2.24) is 9.80 Å². The van der Waals surface area contributed by atoms with Gasteiger partial charge in [0.2, 0.25) is 5.91 Å². The Hall–Kier alpha value is -2.86. The fourth-order valence-corrected chi connectivity index (χ4v) is 4.06. The third-order valence-electron chi connectivity index (χ3n) is 5.80. The van der Waals surface area contributed by atoms with E-state index in [0.29, 0.717) is 18.7 Å². The van der Waals surface area contributed by atoms with Crippen LogP contribution in [0.1, 0.15) is 33.5 Å². The van der Waals surface area contributed by atoms with Crippen molar-refractivity contribution in [2.75, 3.05) is 32.8 Å². The van der Waals surface area contributed by atoms with Crippen molar-refractivity contribution in [1.29, 1.82) is 0 Å². The molecule has 0 saturated carbocycles. The van der Waals surface area contributed by atoms with Crippen LogP contribution in [0.3, 0.4) is 0 Å². The molecule has 0 atom stereocenters. The number of carbonyl (C=O) groups excluding carboxylic acids is 2. The van der Waals surface area contributed by atoms with E-state index in [2.05, 4.69) is 17.0 Å². The van der Waals surface area contributed by atoms with Crippen LogP contribution in [0.25, 0.3) is 0 Å². The number of primary amides is 1. The third-order valence-corrected chi connectivity index (χ3v) is 5.80. The summed E-state index contributed by atoms with van der Waals surface area (Å²) in [4.78, 5) is 27.9. The molecule has 2 aliphatic rings. The summed E-state index contributed by atoms with van der Waals surface area (Å²) in [6, 6.07) is 13.6. The lowest BCUT2D eigenvalue weighted by Crippen LogP contribution is -2.49. The van der Waals surface area contributed by atoms with Crippen LogP contribution in [-0.4, -0.2) is 54.4 Å². The van der Waals surface area contributed by atoms with Crippen molar-refractivity contribution in [2.24, 2.45) is 5.73 Å². The lowest BCUT2D eigenvalue weighted by molar-refractivity contribution is -0.135. The van der Waals surface area contributed by atoms with Crippen LogP contribution in [-0.2, 0) is 24.2 Å². The Labute approximate surface area is 171 Å². The van der Waals surface area contributed by atoms with Crippen LogP contribution in [0.15, 0.2) is 42.5 Å². The van der Waals surface area contributed by atoms with E-state index in [1.807, 2.05) is 23.1 Å². The molecular weight excluding hydrogens is 366 g/mol. The molecule has 2 N–H and O–H groups in total. The van der Waals surface area contributed by atoms with Crippen molar-refractivity contribution in [2.45, 2.75) is 25.8 Å². The molecule has 4 rings (SSSR count). The number of benzene rings is 2. The molecule has 1 aliphatic heterocycles. The summed E-state index contributed by atoms with van der Waals surface area (Å²) in [6.45, 7) is 3.93. The molecule has 0 spiro atoms. The fourth-order valence-electron chi connectivity index (χ4n) is 4.06. The molecule has 1 aliphatic carbocycles. The summed E-state index contributed by atoms with van der Waals surface area (Å²) in [5.41, 5.74) is 9.70. The second-order valence-electron chi connectivity index (χ2n) is 7.79. The van der Waals surface area contributed by atoms with Gasteiger partial charge < -0.3 is 15.4 Å². The van der Waals surface area contributed by atoms with E-state index in [1.165, 1.54) is 17.5 Å². The van der Waals surface area contributed by atoms with E-state index < -0.39 is 5.91 Å². The second kappa shape index (κ2) is 8.66. The highest BCUT2D eigenvalue weighted by Gasteiger charge is 2.21. The zero-order valence-corrected chi connectivity index (χ0v) is 16.6. The van der Waals surface area contributed by atoms with Gasteiger partial charge in [-0.25, -0.2) is 0 Å².